The van der Waals surface area contributed by atoms with E-state index < -0.39 is 5.97 Å². The minimum Gasteiger partial charge on any atom is -0.478 e. The molecule has 0 aliphatic rings. The van der Waals surface area contributed by atoms with Crippen molar-refractivity contribution < 1.29 is 9.90 Å². The molecule has 134 valence electrons. The molecule has 0 saturated heterocycles. The largest absolute Gasteiger partial charge is 0.478 e. The zero-order valence-corrected chi connectivity index (χ0v) is 15.7. The zero-order chi connectivity index (χ0) is 19.0. The van der Waals surface area contributed by atoms with Gasteiger partial charge in [0.1, 0.15) is 17.0 Å². The molecule has 2 aromatic heterocycles. The van der Waals surface area contributed by atoms with Gasteiger partial charge in [-0.3, -0.25) is 0 Å². The lowest BCUT2D eigenvalue weighted by Crippen LogP contribution is -2.01. The quantitative estimate of drug-likeness (QED) is 0.498. The number of carboxylic acid groups (broad SMARTS) is 1. The van der Waals surface area contributed by atoms with Gasteiger partial charge in [-0.25, -0.2) is 14.8 Å². The maximum absolute atomic E-state index is 11.3. The number of nitrogens with one attached hydrogen (secondary N) is 1. The minimum atomic E-state index is -0.956. The predicted octanol–water partition coefficient (Wildman–Crippen LogP) is 5.42. The van der Waals surface area contributed by atoms with Gasteiger partial charge in [-0.05, 0) is 37.1 Å². The highest BCUT2D eigenvalue weighted by molar-refractivity contribution is 7.19. The molecule has 0 spiro atoms. The zero-order valence-electron chi connectivity index (χ0n) is 14.9. The van der Waals surface area contributed by atoms with E-state index >= 15 is 0 Å². The molecule has 0 unspecified atom stereocenters. The molecule has 2 aromatic carbocycles. The molecule has 6 heteroatoms. The van der Waals surface area contributed by atoms with Crippen molar-refractivity contribution in [3.05, 3.63) is 70.9 Å². The summed E-state index contributed by atoms with van der Waals surface area (Å²) in [6, 6.07) is 15.2. The molecule has 0 amide bonds. The van der Waals surface area contributed by atoms with Crippen LogP contribution in [0, 0.1) is 13.8 Å². The second-order valence-corrected chi connectivity index (χ2v) is 7.46. The van der Waals surface area contributed by atoms with E-state index in [2.05, 4.69) is 34.3 Å². The maximum Gasteiger partial charge on any atom is 0.335 e. The molecule has 27 heavy (non-hydrogen) atoms. The fourth-order valence-electron chi connectivity index (χ4n) is 3.11. The summed E-state index contributed by atoms with van der Waals surface area (Å²) in [5.74, 6) is -0.281. The lowest BCUT2D eigenvalue weighted by Gasteiger charge is -2.12. The first-order valence-electron chi connectivity index (χ1n) is 8.45. The molecule has 0 fully saturated rings. The SMILES string of the molecule is Cc1ccc(C(=O)O)cc1Nc1ncnc2sc(C)c(-c3ccccc3)c12. The normalized spacial score (nSPS) is 10.9. The van der Waals surface area contributed by atoms with Crippen LogP contribution >= 0.6 is 11.3 Å². The topological polar surface area (TPSA) is 75.1 Å². The third-order valence-corrected chi connectivity index (χ3v) is 5.48. The summed E-state index contributed by atoms with van der Waals surface area (Å²) < 4.78 is 0. The molecule has 0 bridgehead atoms. The predicted molar refractivity (Wildman–Crippen MR) is 109 cm³/mol. The average molecular weight is 375 g/mol. The van der Waals surface area contributed by atoms with Crippen LogP contribution in [0.2, 0.25) is 0 Å². The van der Waals surface area contributed by atoms with Gasteiger partial charge >= 0.3 is 5.97 Å². The van der Waals surface area contributed by atoms with Crippen LogP contribution < -0.4 is 5.32 Å². The average Bonchev–Trinajstić information content (AvgIpc) is 3.01. The molecule has 0 radical (unpaired) electrons. The number of anilines is 2. The number of nitrogens with zero attached hydrogens (tertiary/aromatic N) is 2. The van der Waals surface area contributed by atoms with Crippen molar-refractivity contribution in [2.75, 3.05) is 5.32 Å². The monoisotopic (exact) mass is 375 g/mol. The number of fused-ring (bicyclic) bond motifs is 1. The molecule has 0 atom stereocenters. The molecule has 2 N–H and O–H groups in total. The number of aromatic nitrogens is 2. The van der Waals surface area contributed by atoms with Crippen LogP contribution in [0.1, 0.15) is 20.8 Å². The van der Waals surface area contributed by atoms with Crippen LogP contribution in [-0.2, 0) is 0 Å². The van der Waals surface area contributed by atoms with E-state index in [0.717, 1.165) is 37.5 Å². The van der Waals surface area contributed by atoms with E-state index in [4.69, 9.17) is 0 Å². The van der Waals surface area contributed by atoms with Crippen LogP contribution in [-0.4, -0.2) is 21.0 Å². The molecule has 5 nitrogen and oxygen atoms in total. The maximum atomic E-state index is 11.3. The summed E-state index contributed by atoms with van der Waals surface area (Å²) in [6.45, 7) is 4.01. The van der Waals surface area contributed by atoms with E-state index in [9.17, 15) is 9.90 Å². The van der Waals surface area contributed by atoms with Crippen molar-refractivity contribution in [3.8, 4) is 11.1 Å². The van der Waals surface area contributed by atoms with Gasteiger partial charge in [-0.1, -0.05) is 36.4 Å². The van der Waals surface area contributed by atoms with Gasteiger partial charge in [0.25, 0.3) is 0 Å². The van der Waals surface area contributed by atoms with Crippen molar-refractivity contribution in [2.45, 2.75) is 13.8 Å². The minimum absolute atomic E-state index is 0.234. The smallest absolute Gasteiger partial charge is 0.335 e. The third-order valence-electron chi connectivity index (χ3n) is 4.46. The number of aromatic carboxylic acids is 1. The number of hydrogen-bond acceptors (Lipinski definition) is 5. The number of benzene rings is 2. The molecular formula is C21H17N3O2S. The van der Waals surface area contributed by atoms with Gasteiger partial charge in [0.05, 0.1) is 10.9 Å². The number of aryl methyl sites for hydroxylation is 2. The summed E-state index contributed by atoms with van der Waals surface area (Å²) >= 11 is 1.63. The molecule has 4 aromatic rings. The van der Waals surface area contributed by atoms with Gasteiger partial charge in [-0.2, -0.15) is 0 Å². The summed E-state index contributed by atoms with van der Waals surface area (Å²) in [7, 11) is 0. The first-order valence-corrected chi connectivity index (χ1v) is 9.26. The van der Waals surface area contributed by atoms with E-state index in [1.54, 1.807) is 29.5 Å². The lowest BCUT2D eigenvalue weighted by atomic mass is 10.0. The Kier molecular flexibility index (Phi) is 4.33. The Hall–Kier alpha value is -3.25. The summed E-state index contributed by atoms with van der Waals surface area (Å²) in [5, 5.41) is 13.6. The van der Waals surface area contributed by atoms with Crippen LogP contribution in [0.15, 0.2) is 54.9 Å². The van der Waals surface area contributed by atoms with Gasteiger partial charge in [0, 0.05) is 16.1 Å². The Labute approximate surface area is 160 Å². The fraction of sp³-hybridized carbons (Fsp3) is 0.0952. The number of carbonyl (C=O) groups is 1. The first kappa shape index (κ1) is 17.2. The standard InChI is InChI=1S/C21H17N3O2S/c1-12-8-9-15(21(25)26)10-16(12)24-19-18-17(14-6-4-3-5-7-14)13(2)27-20(18)23-11-22-19/h3-11H,1-2H3,(H,25,26)(H,22,23,24). The number of thiophene rings is 1. The van der Waals surface area contributed by atoms with Crippen LogP contribution in [0.3, 0.4) is 0 Å². The highest BCUT2D eigenvalue weighted by Gasteiger charge is 2.17. The summed E-state index contributed by atoms with van der Waals surface area (Å²) in [4.78, 5) is 22.3. The fourth-order valence-corrected chi connectivity index (χ4v) is 4.12. The second kappa shape index (κ2) is 6.81. The Morgan fingerprint density at radius 2 is 1.85 bits per heavy atom. The van der Waals surface area contributed by atoms with Gasteiger partial charge < -0.3 is 10.4 Å². The van der Waals surface area contributed by atoms with Gasteiger partial charge in [0.15, 0.2) is 0 Å². The van der Waals surface area contributed by atoms with Crippen molar-refractivity contribution in [1.29, 1.82) is 0 Å². The highest BCUT2D eigenvalue weighted by atomic mass is 32.1. The molecular weight excluding hydrogens is 358 g/mol. The van der Waals surface area contributed by atoms with Gasteiger partial charge in [0.2, 0.25) is 0 Å². The van der Waals surface area contributed by atoms with Crippen LogP contribution in [0.4, 0.5) is 11.5 Å². The second-order valence-electron chi connectivity index (χ2n) is 6.26. The highest BCUT2D eigenvalue weighted by Crippen LogP contribution is 2.41. The Morgan fingerprint density at radius 3 is 2.59 bits per heavy atom. The van der Waals surface area contributed by atoms with Crippen LogP contribution in [0.5, 0.6) is 0 Å². The number of rotatable bonds is 4. The Bertz CT molecular complexity index is 1150. The van der Waals surface area contributed by atoms with E-state index in [1.807, 2.05) is 25.1 Å². The van der Waals surface area contributed by atoms with Crippen molar-refractivity contribution in [2.24, 2.45) is 0 Å². The Morgan fingerprint density at radius 1 is 1.07 bits per heavy atom. The molecule has 4 rings (SSSR count). The van der Waals surface area contributed by atoms with E-state index in [-0.39, 0.29) is 5.56 Å². The van der Waals surface area contributed by atoms with Gasteiger partial charge in [-0.15, -0.1) is 11.3 Å². The van der Waals surface area contributed by atoms with E-state index in [1.165, 1.54) is 6.33 Å². The van der Waals surface area contributed by atoms with E-state index in [0.29, 0.717) is 5.82 Å². The number of hydrogen-bond donors (Lipinski definition) is 2. The molecule has 0 saturated carbocycles. The van der Waals surface area contributed by atoms with Crippen molar-refractivity contribution in [3.63, 3.8) is 0 Å². The summed E-state index contributed by atoms with van der Waals surface area (Å²) in [5.41, 5.74) is 4.11. The first-order chi connectivity index (χ1) is 13.0. The summed E-state index contributed by atoms with van der Waals surface area (Å²) in [6.07, 6.45) is 1.53. The Balaban J connectivity index is 1.89. The molecule has 2 heterocycles. The third kappa shape index (κ3) is 3.15. The van der Waals surface area contributed by atoms with Crippen molar-refractivity contribution >= 4 is 39.0 Å². The van der Waals surface area contributed by atoms with Crippen molar-refractivity contribution in [1.82, 2.24) is 9.97 Å². The lowest BCUT2D eigenvalue weighted by molar-refractivity contribution is 0.0697. The molecule has 0 aliphatic carbocycles. The van der Waals surface area contributed by atoms with Crippen LogP contribution in [0.25, 0.3) is 21.3 Å². The number of carboxylic acids is 1. The molecule has 0 aliphatic heterocycles.